The highest BCUT2D eigenvalue weighted by molar-refractivity contribution is 7.90. The average molecular weight is 910 g/mol. The van der Waals surface area contributed by atoms with Crippen LogP contribution < -0.4 is 19.7 Å². The number of ether oxygens (including phenoxy) is 2. The first-order chi connectivity index (χ1) is 30.8. The molecule has 0 radical (unpaired) electrons. The zero-order chi connectivity index (χ0) is 44.6. The molecular formula is C46H52ClN9O7S. The number of aromatic nitrogens is 3. The molecule has 0 spiro atoms. The summed E-state index contributed by atoms with van der Waals surface area (Å²) in [4.78, 5) is 32.2. The number of aromatic amines is 1. The van der Waals surface area contributed by atoms with Gasteiger partial charge in [0.25, 0.3) is 21.6 Å². The number of allylic oxidation sites excluding steroid dienone is 1. The first kappa shape index (κ1) is 43.7. The standard InChI is InChI=1S/C46H52ClN9O7S/c1-46(2)17-16-31(38(26-46)30-6-8-32(47)9-7-30)28-53-18-20-54(21-19-53)34-12-14-37(43(24-34)63-42-5-3-4-40-44(42)50-52-49-40)45(57)51-64(60,61)36-13-15-39(41(25-36)56(58)59)48-27-35-29-55(22-23-62-35)33-10-11-33/h3-9,12-15,24-25,33,35,48H,10-11,16-23,26-29H2,1-2H3,(H,51,57)(H,49,50,52)/t35-/m0/s1. The van der Waals surface area contributed by atoms with Crippen LogP contribution in [0.1, 0.15) is 61.9 Å². The number of nitrogens with one attached hydrogen (secondary N) is 3. The number of carbonyl (C=O) groups is 1. The van der Waals surface area contributed by atoms with Gasteiger partial charge in [-0.25, -0.2) is 13.1 Å². The maximum Gasteiger partial charge on any atom is 0.293 e. The third-order valence-corrected chi connectivity index (χ3v) is 14.3. The Balaban J connectivity index is 0.920. The predicted molar refractivity (Wildman–Crippen MR) is 246 cm³/mol. The summed E-state index contributed by atoms with van der Waals surface area (Å²) in [5.74, 6) is -0.566. The summed E-state index contributed by atoms with van der Waals surface area (Å²) in [5.41, 5.74) is 5.78. The predicted octanol–water partition coefficient (Wildman–Crippen LogP) is 7.49. The third kappa shape index (κ3) is 9.88. The van der Waals surface area contributed by atoms with Gasteiger partial charge in [0.2, 0.25) is 0 Å². The zero-order valence-electron chi connectivity index (χ0n) is 35.9. The fourth-order valence-corrected chi connectivity index (χ4v) is 10.1. The zero-order valence-corrected chi connectivity index (χ0v) is 37.5. The molecule has 16 nitrogen and oxygen atoms in total. The van der Waals surface area contributed by atoms with Crippen LogP contribution >= 0.6 is 11.6 Å². The number of nitro benzene ring substituents is 1. The van der Waals surface area contributed by atoms with Crippen molar-refractivity contribution >= 4 is 61.2 Å². The van der Waals surface area contributed by atoms with Gasteiger partial charge in [-0.2, -0.15) is 0 Å². The highest BCUT2D eigenvalue weighted by Gasteiger charge is 2.34. The van der Waals surface area contributed by atoms with E-state index < -0.39 is 31.4 Å². The van der Waals surface area contributed by atoms with Crippen molar-refractivity contribution < 1.29 is 27.6 Å². The lowest BCUT2D eigenvalue weighted by molar-refractivity contribution is -0.384. The number of hydrogen-bond donors (Lipinski definition) is 3. The van der Waals surface area contributed by atoms with Crippen molar-refractivity contribution in [1.29, 1.82) is 0 Å². The van der Waals surface area contributed by atoms with Gasteiger partial charge in [-0.05, 0) is 97.2 Å². The number of fused-ring (bicyclic) bond motifs is 1. The number of sulfonamides is 1. The molecule has 1 saturated carbocycles. The van der Waals surface area contributed by atoms with Crippen molar-refractivity contribution in [1.82, 2.24) is 29.9 Å². The van der Waals surface area contributed by atoms with Crippen LogP contribution in [0.15, 0.2) is 89.3 Å². The van der Waals surface area contributed by atoms with Crippen LogP contribution in [0, 0.1) is 15.5 Å². The highest BCUT2D eigenvalue weighted by atomic mass is 35.5. The van der Waals surface area contributed by atoms with Gasteiger partial charge >= 0.3 is 0 Å². The second-order valence-electron chi connectivity index (χ2n) is 17.9. The summed E-state index contributed by atoms with van der Waals surface area (Å²) in [6.07, 6.45) is 5.34. The molecule has 3 heterocycles. The minimum absolute atomic E-state index is 0.0612. The van der Waals surface area contributed by atoms with Crippen LogP contribution in [0.5, 0.6) is 11.5 Å². The molecule has 0 unspecified atom stereocenters. The molecule has 1 aromatic heterocycles. The number of piperazine rings is 1. The largest absolute Gasteiger partial charge is 0.454 e. The molecule has 336 valence electrons. The van der Waals surface area contributed by atoms with Gasteiger partial charge in [-0.15, -0.1) is 5.10 Å². The van der Waals surface area contributed by atoms with Crippen LogP contribution in [0.25, 0.3) is 16.6 Å². The Morgan fingerprint density at radius 2 is 1.81 bits per heavy atom. The van der Waals surface area contributed by atoms with E-state index in [1.54, 1.807) is 30.3 Å². The smallest absolute Gasteiger partial charge is 0.293 e. The van der Waals surface area contributed by atoms with Crippen molar-refractivity contribution in [3.8, 4) is 11.5 Å². The van der Waals surface area contributed by atoms with E-state index in [1.807, 2.05) is 12.1 Å². The highest BCUT2D eigenvalue weighted by Crippen LogP contribution is 2.44. The number of morpholine rings is 1. The SMILES string of the molecule is CC1(C)CCC(CN2CCN(c3ccc(C(=O)NS(=O)(=O)c4ccc(NC[C@H]5CN(C6CC6)CCO5)c([N+](=O)[O-])c4)c(Oc4cccc5[nH]nnc45)c3)CC2)=C(c2ccc(Cl)cc2)C1. The van der Waals surface area contributed by atoms with E-state index in [9.17, 15) is 23.3 Å². The van der Waals surface area contributed by atoms with E-state index in [4.69, 9.17) is 21.1 Å². The van der Waals surface area contributed by atoms with Crippen LogP contribution in [0.4, 0.5) is 17.1 Å². The number of nitrogens with zero attached hydrogens (tertiary/aromatic N) is 6. The Bertz CT molecular complexity index is 2700. The van der Waals surface area contributed by atoms with E-state index in [2.05, 4.69) is 66.1 Å². The monoisotopic (exact) mass is 909 g/mol. The van der Waals surface area contributed by atoms with Crippen molar-refractivity contribution in [2.75, 3.05) is 69.2 Å². The first-order valence-electron chi connectivity index (χ1n) is 21.8. The van der Waals surface area contributed by atoms with Crippen molar-refractivity contribution in [3.63, 3.8) is 0 Å². The molecule has 9 rings (SSSR count). The topological polar surface area (TPSA) is 188 Å². The van der Waals surface area contributed by atoms with Crippen molar-refractivity contribution in [2.45, 2.75) is 63.0 Å². The fraction of sp³-hybridized carbons (Fsp3) is 0.413. The number of benzene rings is 4. The van der Waals surface area contributed by atoms with Gasteiger partial charge in [0.15, 0.2) is 11.3 Å². The molecule has 1 atom stereocenters. The number of carbonyl (C=O) groups excluding carboxylic acids is 1. The number of anilines is 2. The van der Waals surface area contributed by atoms with Gasteiger partial charge in [-0.3, -0.25) is 29.8 Å². The molecule has 3 N–H and O–H groups in total. The lowest BCUT2D eigenvalue weighted by Crippen LogP contribution is -2.47. The molecule has 5 aromatic rings. The lowest BCUT2D eigenvalue weighted by atomic mass is 9.72. The molecule has 18 heteroatoms. The van der Waals surface area contributed by atoms with E-state index in [0.717, 1.165) is 62.2 Å². The normalized spacial score (nSPS) is 19.7. The van der Waals surface area contributed by atoms with Gasteiger partial charge in [0.05, 0.1) is 33.6 Å². The minimum atomic E-state index is -4.59. The Hall–Kier alpha value is -5.59. The molecule has 3 fully saturated rings. The number of hydrogen-bond acceptors (Lipinski definition) is 13. The molecule has 64 heavy (non-hydrogen) atoms. The number of rotatable bonds is 14. The van der Waals surface area contributed by atoms with E-state index in [-0.39, 0.29) is 28.5 Å². The van der Waals surface area contributed by atoms with Gasteiger partial charge in [0.1, 0.15) is 11.4 Å². The Labute approximate surface area is 377 Å². The molecule has 0 bridgehead atoms. The maximum absolute atomic E-state index is 14.0. The van der Waals surface area contributed by atoms with Crippen LogP contribution in [-0.4, -0.2) is 116 Å². The van der Waals surface area contributed by atoms with Crippen LogP contribution in [0.2, 0.25) is 5.02 Å². The number of halogens is 1. The third-order valence-electron chi connectivity index (χ3n) is 12.7. The molecule has 2 aliphatic carbocycles. The second kappa shape index (κ2) is 18.1. The maximum atomic E-state index is 14.0. The molecule has 2 saturated heterocycles. The van der Waals surface area contributed by atoms with Gasteiger partial charge < -0.3 is 19.7 Å². The molecular weight excluding hydrogens is 858 g/mol. The average Bonchev–Trinajstić information content (AvgIpc) is 4.02. The number of amides is 1. The van der Waals surface area contributed by atoms with E-state index in [0.29, 0.717) is 55.6 Å². The summed E-state index contributed by atoms with van der Waals surface area (Å²) in [6.45, 7) is 11.0. The summed E-state index contributed by atoms with van der Waals surface area (Å²) in [5, 5.41) is 26.9. The molecule has 4 aliphatic rings. The summed E-state index contributed by atoms with van der Waals surface area (Å²) in [6, 6.07) is 22.5. The number of nitro groups is 1. The summed E-state index contributed by atoms with van der Waals surface area (Å²) in [7, 11) is -4.59. The van der Waals surface area contributed by atoms with Crippen LogP contribution in [-0.2, 0) is 14.8 Å². The van der Waals surface area contributed by atoms with Gasteiger partial charge in [-0.1, -0.05) is 54.4 Å². The fourth-order valence-electron chi connectivity index (χ4n) is 9.00. The summed E-state index contributed by atoms with van der Waals surface area (Å²) >= 11 is 6.25. The Morgan fingerprint density at radius 3 is 2.58 bits per heavy atom. The van der Waals surface area contributed by atoms with Crippen LogP contribution in [0.3, 0.4) is 0 Å². The Morgan fingerprint density at radius 1 is 1.02 bits per heavy atom. The second-order valence-corrected chi connectivity index (χ2v) is 20.0. The van der Waals surface area contributed by atoms with Crippen molar-refractivity contribution in [2.24, 2.45) is 5.41 Å². The summed E-state index contributed by atoms with van der Waals surface area (Å²) < 4.78 is 41.9. The minimum Gasteiger partial charge on any atom is -0.454 e. The number of H-pyrrole nitrogens is 1. The lowest BCUT2D eigenvalue weighted by Gasteiger charge is -2.39. The molecule has 4 aromatic carbocycles. The quantitative estimate of drug-likeness (QED) is 0.0735. The van der Waals surface area contributed by atoms with E-state index in [1.165, 1.54) is 47.8 Å². The van der Waals surface area contributed by atoms with Crippen molar-refractivity contribution in [3.05, 3.63) is 111 Å². The molecule has 1 amide bonds. The molecule has 2 aliphatic heterocycles. The first-order valence-corrected chi connectivity index (χ1v) is 23.7. The van der Waals surface area contributed by atoms with E-state index >= 15 is 0 Å². The Kier molecular flexibility index (Phi) is 12.4. The van der Waals surface area contributed by atoms with Gasteiger partial charge in [0, 0.05) is 81.2 Å².